The SMILES string of the molecule is CC(C)(C)OC(=O)N1CCn2c(nnc2C(N)=S)C1. The van der Waals surface area contributed by atoms with Crippen LogP contribution in [0.2, 0.25) is 0 Å². The van der Waals surface area contributed by atoms with Gasteiger partial charge in [0.1, 0.15) is 10.6 Å². The molecule has 0 atom stereocenters. The van der Waals surface area contributed by atoms with Crippen molar-refractivity contribution < 1.29 is 9.53 Å². The molecule has 2 rings (SSSR count). The Kier molecular flexibility index (Phi) is 3.44. The van der Waals surface area contributed by atoms with Crippen molar-refractivity contribution in [2.45, 2.75) is 39.5 Å². The second-order valence-electron chi connectivity index (χ2n) is 5.36. The maximum atomic E-state index is 12.0. The van der Waals surface area contributed by atoms with Crippen LogP contribution in [-0.2, 0) is 17.8 Å². The van der Waals surface area contributed by atoms with Crippen LogP contribution >= 0.6 is 12.2 Å². The summed E-state index contributed by atoms with van der Waals surface area (Å²) in [5, 5.41) is 7.94. The lowest BCUT2D eigenvalue weighted by atomic mass is 10.2. The number of hydrogen-bond acceptors (Lipinski definition) is 5. The van der Waals surface area contributed by atoms with E-state index in [1.54, 1.807) is 4.90 Å². The molecule has 1 aromatic heterocycles. The molecule has 0 aromatic carbocycles. The van der Waals surface area contributed by atoms with Crippen molar-refractivity contribution in [2.24, 2.45) is 5.73 Å². The third-order valence-electron chi connectivity index (χ3n) is 2.63. The van der Waals surface area contributed by atoms with Crippen LogP contribution in [0.3, 0.4) is 0 Å². The molecule has 7 nitrogen and oxygen atoms in total. The zero-order valence-corrected chi connectivity index (χ0v) is 12.0. The summed E-state index contributed by atoms with van der Waals surface area (Å²) in [5.41, 5.74) is 5.06. The Morgan fingerprint density at radius 1 is 1.37 bits per heavy atom. The average Bonchev–Trinajstić information content (AvgIpc) is 2.68. The fourth-order valence-corrected chi connectivity index (χ4v) is 1.97. The highest BCUT2D eigenvalue weighted by Crippen LogP contribution is 2.16. The molecular formula is C11H17N5O2S. The van der Waals surface area contributed by atoms with Crippen LogP contribution in [0.1, 0.15) is 32.4 Å². The first-order valence-corrected chi connectivity index (χ1v) is 6.38. The molecule has 1 aromatic rings. The number of nitrogens with two attached hydrogens (primary N) is 1. The Morgan fingerprint density at radius 2 is 2.05 bits per heavy atom. The number of fused-ring (bicyclic) bond motifs is 1. The Labute approximate surface area is 116 Å². The first kappa shape index (κ1) is 13.7. The number of hydrogen-bond donors (Lipinski definition) is 1. The minimum atomic E-state index is -0.508. The predicted molar refractivity (Wildman–Crippen MR) is 72.6 cm³/mol. The maximum absolute atomic E-state index is 12.0. The number of thiocarbonyl (C=S) groups is 1. The van der Waals surface area contributed by atoms with E-state index >= 15 is 0 Å². The monoisotopic (exact) mass is 283 g/mol. The summed E-state index contributed by atoms with van der Waals surface area (Å²) < 4.78 is 7.16. The lowest BCUT2D eigenvalue weighted by Crippen LogP contribution is -2.42. The summed E-state index contributed by atoms with van der Waals surface area (Å²) >= 11 is 4.90. The van der Waals surface area contributed by atoms with Crippen molar-refractivity contribution in [2.75, 3.05) is 6.54 Å². The molecule has 1 amide bonds. The maximum Gasteiger partial charge on any atom is 0.410 e. The normalized spacial score (nSPS) is 15.0. The van der Waals surface area contributed by atoms with E-state index in [0.29, 0.717) is 31.3 Å². The van der Waals surface area contributed by atoms with Crippen molar-refractivity contribution in [1.29, 1.82) is 0 Å². The molecule has 0 radical (unpaired) electrons. The van der Waals surface area contributed by atoms with Crippen LogP contribution in [-0.4, -0.2) is 42.9 Å². The van der Waals surface area contributed by atoms with E-state index in [4.69, 9.17) is 22.7 Å². The Hall–Kier alpha value is -1.70. The number of carbonyl (C=O) groups excluding carboxylic acids is 1. The molecule has 0 bridgehead atoms. The van der Waals surface area contributed by atoms with Crippen LogP contribution in [0.5, 0.6) is 0 Å². The van der Waals surface area contributed by atoms with E-state index in [2.05, 4.69) is 10.2 Å². The van der Waals surface area contributed by atoms with Gasteiger partial charge in [0.05, 0.1) is 6.54 Å². The number of amides is 1. The standard InChI is InChI=1S/C11H17N5O2S/c1-11(2,3)18-10(17)15-4-5-16-7(6-15)13-14-9(16)8(12)19/h4-6H2,1-3H3,(H2,12,19). The lowest BCUT2D eigenvalue weighted by molar-refractivity contribution is 0.0195. The van der Waals surface area contributed by atoms with Gasteiger partial charge in [0, 0.05) is 13.1 Å². The fraction of sp³-hybridized carbons (Fsp3) is 0.636. The van der Waals surface area contributed by atoms with Crippen molar-refractivity contribution >= 4 is 23.3 Å². The van der Waals surface area contributed by atoms with Crippen molar-refractivity contribution in [3.63, 3.8) is 0 Å². The molecule has 8 heteroatoms. The molecule has 1 aliphatic heterocycles. The minimum Gasteiger partial charge on any atom is -0.444 e. The molecule has 1 aliphatic rings. The van der Waals surface area contributed by atoms with Crippen LogP contribution in [0.15, 0.2) is 0 Å². The second-order valence-corrected chi connectivity index (χ2v) is 5.80. The van der Waals surface area contributed by atoms with Crippen molar-refractivity contribution in [1.82, 2.24) is 19.7 Å². The summed E-state index contributed by atoms with van der Waals surface area (Å²) in [7, 11) is 0. The van der Waals surface area contributed by atoms with Gasteiger partial charge < -0.3 is 15.0 Å². The number of carbonyl (C=O) groups is 1. The molecule has 2 heterocycles. The zero-order chi connectivity index (χ0) is 14.2. The topological polar surface area (TPSA) is 86.3 Å². The van der Waals surface area contributed by atoms with E-state index in [9.17, 15) is 4.79 Å². The van der Waals surface area contributed by atoms with Crippen LogP contribution < -0.4 is 5.73 Å². The number of nitrogens with zero attached hydrogens (tertiary/aromatic N) is 4. The third-order valence-corrected chi connectivity index (χ3v) is 2.81. The van der Waals surface area contributed by atoms with Crippen LogP contribution in [0, 0.1) is 0 Å². The van der Waals surface area contributed by atoms with Gasteiger partial charge in [-0.05, 0) is 20.8 Å². The van der Waals surface area contributed by atoms with Gasteiger partial charge in [0.2, 0.25) is 0 Å². The van der Waals surface area contributed by atoms with E-state index in [-0.39, 0.29) is 11.1 Å². The van der Waals surface area contributed by atoms with Gasteiger partial charge >= 0.3 is 6.09 Å². The molecule has 19 heavy (non-hydrogen) atoms. The lowest BCUT2D eigenvalue weighted by Gasteiger charge is -2.30. The van der Waals surface area contributed by atoms with Crippen LogP contribution in [0.4, 0.5) is 4.79 Å². The van der Waals surface area contributed by atoms with Gasteiger partial charge in [-0.25, -0.2) is 4.79 Å². The quantitative estimate of drug-likeness (QED) is 0.762. The van der Waals surface area contributed by atoms with Crippen molar-refractivity contribution in [3.05, 3.63) is 11.6 Å². The summed E-state index contributed by atoms with van der Waals surface area (Å²) in [6.45, 7) is 6.95. The molecule has 0 aliphatic carbocycles. The summed E-state index contributed by atoms with van der Waals surface area (Å²) in [6.07, 6.45) is -0.348. The van der Waals surface area contributed by atoms with Gasteiger partial charge in [0.25, 0.3) is 0 Å². The smallest absolute Gasteiger partial charge is 0.410 e. The Balaban J connectivity index is 2.11. The van der Waals surface area contributed by atoms with E-state index in [1.165, 1.54) is 0 Å². The van der Waals surface area contributed by atoms with Crippen molar-refractivity contribution in [3.8, 4) is 0 Å². The molecule has 2 N–H and O–H groups in total. The molecule has 0 saturated carbocycles. The van der Waals surface area contributed by atoms with E-state index in [1.807, 2.05) is 25.3 Å². The van der Waals surface area contributed by atoms with Gasteiger partial charge in [0.15, 0.2) is 11.6 Å². The average molecular weight is 283 g/mol. The summed E-state index contributed by atoms with van der Waals surface area (Å²) in [5.74, 6) is 1.16. The van der Waals surface area contributed by atoms with Crippen LogP contribution in [0.25, 0.3) is 0 Å². The molecule has 0 fully saturated rings. The fourth-order valence-electron chi connectivity index (χ4n) is 1.82. The predicted octanol–water partition coefficient (Wildman–Crippen LogP) is 0.663. The molecule has 0 unspecified atom stereocenters. The minimum absolute atomic E-state index is 0.212. The number of rotatable bonds is 1. The van der Waals surface area contributed by atoms with Gasteiger partial charge in [-0.3, -0.25) is 4.90 Å². The number of aromatic nitrogens is 3. The first-order chi connectivity index (χ1) is 8.78. The largest absolute Gasteiger partial charge is 0.444 e. The highest BCUT2D eigenvalue weighted by molar-refractivity contribution is 7.80. The third kappa shape index (κ3) is 3.01. The van der Waals surface area contributed by atoms with Gasteiger partial charge in [-0.1, -0.05) is 12.2 Å². The second kappa shape index (κ2) is 4.76. The highest BCUT2D eigenvalue weighted by Gasteiger charge is 2.28. The molecule has 0 spiro atoms. The molecule has 104 valence electrons. The molecular weight excluding hydrogens is 266 g/mol. The Bertz CT molecular complexity index is 520. The number of ether oxygens (including phenoxy) is 1. The van der Waals surface area contributed by atoms with Gasteiger partial charge in [-0.2, -0.15) is 0 Å². The van der Waals surface area contributed by atoms with E-state index < -0.39 is 5.60 Å². The van der Waals surface area contributed by atoms with E-state index in [0.717, 1.165) is 0 Å². The summed E-state index contributed by atoms with van der Waals surface area (Å²) in [4.78, 5) is 13.8. The molecule has 0 saturated heterocycles. The zero-order valence-electron chi connectivity index (χ0n) is 11.2. The van der Waals surface area contributed by atoms with Gasteiger partial charge in [-0.15, -0.1) is 10.2 Å². The Morgan fingerprint density at radius 3 is 2.63 bits per heavy atom. The first-order valence-electron chi connectivity index (χ1n) is 5.98. The summed E-state index contributed by atoms with van der Waals surface area (Å²) in [6, 6.07) is 0. The highest BCUT2D eigenvalue weighted by atomic mass is 32.1.